The van der Waals surface area contributed by atoms with Crippen LogP contribution in [0.5, 0.6) is 0 Å². The van der Waals surface area contributed by atoms with Gasteiger partial charge in [0.1, 0.15) is 0 Å². The largest absolute Gasteiger partial charge is 0.516 e. The molecule has 5 radical (unpaired) electrons. The van der Waals surface area contributed by atoms with Crippen LogP contribution in [-0.4, -0.2) is 34.0 Å². The van der Waals surface area contributed by atoms with Crippen LogP contribution in [0.2, 0.25) is 0 Å². The van der Waals surface area contributed by atoms with E-state index in [1.54, 1.807) is 0 Å². The zero-order valence-corrected chi connectivity index (χ0v) is 14.8. The van der Waals surface area contributed by atoms with E-state index in [-0.39, 0.29) is 19.8 Å². The SMILES string of the molecule is CO[P+]([S-])([S-])OC.C[CH]C.C[CH]C.[Ga]. The first-order chi connectivity index (χ1) is 5.95. The molecule has 0 aromatic heterocycles. The minimum atomic E-state index is -2.24. The third-order valence-electron chi connectivity index (χ3n) is 0.447. The molecule has 0 unspecified atom stereocenters. The van der Waals surface area contributed by atoms with Crippen molar-refractivity contribution in [2.75, 3.05) is 14.2 Å². The molecular weight excluding hydrogens is 293 g/mol. The summed E-state index contributed by atoms with van der Waals surface area (Å²) in [6.07, 6.45) is 1.76. The zero-order valence-electron chi connectivity index (χ0n) is 9.81. The van der Waals surface area contributed by atoms with E-state index in [9.17, 15) is 0 Å². The summed E-state index contributed by atoms with van der Waals surface area (Å²) in [5, 5.41) is 0. The minimum Gasteiger partial charge on any atom is -0.516 e. The summed E-state index contributed by atoms with van der Waals surface area (Å²) >= 11 is 9.25. The Morgan fingerprint density at radius 1 is 0.857 bits per heavy atom. The number of hydrogen-bond acceptors (Lipinski definition) is 4. The first-order valence-corrected chi connectivity index (χ1v) is 7.51. The summed E-state index contributed by atoms with van der Waals surface area (Å²) in [5.74, 6) is 0. The molecule has 2 nitrogen and oxygen atoms in total. The molecule has 0 saturated heterocycles. The van der Waals surface area contributed by atoms with Crippen molar-refractivity contribution < 1.29 is 9.05 Å². The van der Waals surface area contributed by atoms with Crippen molar-refractivity contribution in [3.8, 4) is 0 Å². The fraction of sp³-hybridized carbons (Fsp3) is 0.750. The smallest absolute Gasteiger partial charge is 0.0783 e. The molecule has 0 heterocycles. The van der Waals surface area contributed by atoms with Crippen molar-refractivity contribution in [2.24, 2.45) is 0 Å². The molecular formula is C8H20GaO2PS2-. The Balaban J connectivity index is -0.0000000610. The van der Waals surface area contributed by atoms with E-state index in [4.69, 9.17) is 0 Å². The van der Waals surface area contributed by atoms with Crippen LogP contribution in [-0.2, 0) is 33.5 Å². The molecule has 85 valence electrons. The second-order valence-corrected chi connectivity index (χ2v) is 7.17. The van der Waals surface area contributed by atoms with Gasteiger partial charge >= 0.3 is 0 Å². The average Bonchev–Trinajstić information content (AvgIpc) is 2.08. The Hall–Kier alpha value is 1.69. The first-order valence-electron chi connectivity index (χ1n) is 3.86. The van der Waals surface area contributed by atoms with Gasteiger partial charge < -0.3 is 24.5 Å². The Labute approximate surface area is 114 Å². The summed E-state index contributed by atoms with van der Waals surface area (Å²) in [6.45, 7) is 8.00. The Bertz CT molecular complexity index is 79.7. The van der Waals surface area contributed by atoms with E-state index in [0.29, 0.717) is 0 Å². The molecule has 0 saturated carbocycles. The molecule has 0 aliphatic heterocycles. The maximum absolute atomic E-state index is 4.63. The molecule has 0 aromatic carbocycles. The van der Waals surface area contributed by atoms with E-state index < -0.39 is 6.12 Å². The molecule has 6 heteroatoms. The third kappa shape index (κ3) is 37.3. The zero-order chi connectivity index (χ0) is 11.3. The first kappa shape index (κ1) is 24.8. The van der Waals surface area contributed by atoms with Gasteiger partial charge in [0.25, 0.3) is 0 Å². The molecule has 0 atom stereocenters. The molecule has 14 heavy (non-hydrogen) atoms. The normalized spacial score (nSPS) is 8.57. The maximum Gasteiger partial charge on any atom is 0.0783 e. The molecule has 0 rings (SSSR count). The fourth-order valence-electron chi connectivity index (χ4n) is 0.0745. The van der Waals surface area contributed by atoms with Crippen molar-refractivity contribution in [3.05, 3.63) is 12.8 Å². The van der Waals surface area contributed by atoms with Crippen LogP contribution in [0.25, 0.3) is 0 Å². The van der Waals surface area contributed by atoms with Gasteiger partial charge in [0.15, 0.2) is 0 Å². The van der Waals surface area contributed by atoms with Crippen LogP contribution in [0, 0.1) is 12.8 Å². The van der Waals surface area contributed by atoms with Crippen LogP contribution >= 0.6 is 6.12 Å². The third-order valence-corrected chi connectivity index (χ3v) is 3.13. The van der Waals surface area contributed by atoms with Gasteiger partial charge in [0.05, 0.1) is 14.2 Å². The molecule has 0 spiro atoms. The van der Waals surface area contributed by atoms with Crippen LogP contribution in [0.1, 0.15) is 27.7 Å². The van der Waals surface area contributed by atoms with Crippen LogP contribution in [0.4, 0.5) is 0 Å². The quantitative estimate of drug-likeness (QED) is 0.443. The second kappa shape index (κ2) is 20.1. The van der Waals surface area contributed by atoms with Gasteiger partial charge in [-0.3, -0.25) is 9.05 Å². The van der Waals surface area contributed by atoms with E-state index in [1.165, 1.54) is 14.2 Å². The Morgan fingerprint density at radius 3 is 1.00 bits per heavy atom. The summed E-state index contributed by atoms with van der Waals surface area (Å²) < 4.78 is 9.21. The van der Waals surface area contributed by atoms with Crippen LogP contribution in [0.3, 0.4) is 0 Å². The van der Waals surface area contributed by atoms with E-state index in [1.807, 2.05) is 40.5 Å². The van der Waals surface area contributed by atoms with E-state index >= 15 is 0 Å². The Kier molecular flexibility index (Phi) is 35.6. The number of hydrogen-bond donors (Lipinski definition) is 0. The van der Waals surface area contributed by atoms with Gasteiger partial charge in [-0.05, 0) is 12.8 Å². The van der Waals surface area contributed by atoms with Crippen LogP contribution in [0.15, 0.2) is 0 Å². The van der Waals surface area contributed by atoms with E-state index in [0.717, 1.165) is 0 Å². The molecule has 0 aromatic rings. The maximum atomic E-state index is 4.63. The van der Waals surface area contributed by atoms with Crippen molar-refractivity contribution >= 4 is 50.4 Å². The fourth-order valence-corrected chi connectivity index (χ4v) is 0.224. The van der Waals surface area contributed by atoms with Gasteiger partial charge in [-0.2, -0.15) is 0 Å². The molecule has 0 fully saturated rings. The van der Waals surface area contributed by atoms with Gasteiger partial charge in [-0.15, -0.1) is 0 Å². The molecule has 0 aliphatic rings. The molecule has 0 aliphatic carbocycles. The Morgan fingerprint density at radius 2 is 1.00 bits per heavy atom. The minimum absolute atomic E-state index is 0. The van der Waals surface area contributed by atoms with Crippen molar-refractivity contribution in [1.29, 1.82) is 0 Å². The standard InChI is InChI=1S/2C3H7.C2H7O2PS2.Ga/c2*1-3-2;1-3-5(6,7)4-2;/h2*3H,1-2H3;1-2H3,(H,6,7);/p-1. The van der Waals surface area contributed by atoms with Crippen molar-refractivity contribution in [3.63, 3.8) is 0 Å². The summed E-state index contributed by atoms with van der Waals surface area (Å²) in [5.41, 5.74) is 0. The number of rotatable bonds is 2. The molecule has 0 amide bonds. The predicted molar refractivity (Wildman–Crippen MR) is 72.7 cm³/mol. The molecule has 0 bridgehead atoms. The van der Waals surface area contributed by atoms with Gasteiger partial charge in [0.2, 0.25) is 0 Å². The van der Waals surface area contributed by atoms with Gasteiger partial charge in [0, 0.05) is 25.9 Å². The monoisotopic (exact) mass is 312 g/mol. The van der Waals surface area contributed by atoms with Crippen molar-refractivity contribution in [1.82, 2.24) is 0 Å². The average molecular weight is 313 g/mol. The second-order valence-electron chi connectivity index (χ2n) is 1.97. The van der Waals surface area contributed by atoms with Crippen LogP contribution < -0.4 is 0 Å². The van der Waals surface area contributed by atoms with Gasteiger partial charge in [-0.1, -0.05) is 27.7 Å². The van der Waals surface area contributed by atoms with Gasteiger partial charge in [-0.25, -0.2) is 0 Å². The topological polar surface area (TPSA) is 18.5 Å². The summed E-state index contributed by atoms with van der Waals surface area (Å²) in [7, 11) is 2.91. The van der Waals surface area contributed by atoms with Crippen molar-refractivity contribution in [2.45, 2.75) is 27.7 Å². The summed E-state index contributed by atoms with van der Waals surface area (Å²) in [4.78, 5) is 0. The predicted octanol–water partition coefficient (Wildman–Crippen LogP) is 3.13. The van der Waals surface area contributed by atoms with E-state index in [2.05, 4.69) is 33.5 Å². The summed E-state index contributed by atoms with van der Waals surface area (Å²) in [6, 6.07) is 0. The molecule has 0 N–H and O–H groups in total.